The molecule has 0 bridgehead atoms. The minimum absolute atomic E-state index is 0.0286. The van der Waals surface area contributed by atoms with Crippen molar-refractivity contribution in [2.75, 3.05) is 21.3 Å². The summed E-state index contributed by atoms with van der Waals surface area (Å²) in [6.45, 7) is 0. The monoisotopic (exact) mass is 522 g/mol. The lowest BCUT2D eigenvalue weighted by Crippen LogP contribution is -2.10. The predicted molar refractivity (Wildman–Crippen MR) is 146 cm³/mol. The highest BCUT2D eigenvalue weighted by molar-refractivity contribution is 5.90. The van der Waals surface area contributed by atoms with Crippen LogP contribution in [0.25, 0.3) is 22.5 Å². The molecule has 1 aliphatic carbocycles. The van der Waals surface area contributed by atoms with E-state index in [9.17, 15) is 10.1 Å². The second-order valence-electron chi connectivity index (χ2n) is 8.92. The summed E-state index contributed by atoms with van der Waals surface area (Å²) in [7, 11) is 4.71. The summed E-state index contributed by atoms with van der Waals surface area (Å²) in [5.41, 5.74) is 3.15. The fourth-order valence-electron chi connectivity index (χ4n) is 4.09. The van der Waals surface area contributed by atoms with Gasteiger partial charge in [-0.05, 0) is 78.6 Å². The Morgan fingerprint density at radius 1 is 0.897 bits per heavy atom. The average Bonchev–Trinajstić information content (AvgIpc) is 3.77. The van der Waals surface area contributed by atoms with Crippen LogP contribution in [-0.2, 0) is 4.79 Å². The summed E-state index contributed by atoms with van der Waals surface area (Å²) in [5, 5.41) is 10.2. The molecule has 1 aromatic heterocycles. The highest BCUT2D eigenvalue weighted by Gasteiger charge is 2.32. The molecule has 0 N–H and O–H groups in total. The van der Waals surface area contributed by atoms with E-state index in [0.29, 0.717) is 45.4 Å². The molecule has 0 aliphatic heterocycles. The van der Waals surface area contributed by atoms with Gasteiger partial charge in [0.2, 0.25) is 5.88 Å². The molecule has 0 radical (unpaired) electrons. The Kier molecular flexibility index (Phi) is 7.32. The second kappa shape index (κ2) is 11.2. The van der Waals surface area contributed by atoms with Gasteiger partial charge in [0.15, 0.2) is 11.5 Å². The zero-order valence-corrected chi connectivity index (χ0v) is 21.8. The summed E-state index contributed by atoms with van der Waals surface area (Å²) in [5.74, 6) is 2.56. The normalized spacial score (nSPS) is 12.7. The van der Waals surface area contributed by atoms with E-state index in [1.807, 2.05) is 48.5 Å². The van der Waals surface area contributed by atoms with Crippen molar-refractivity contribution in [1.82, 2.24) is 0 Å². The van der Waals surface area contributed by atoms with Gasteiger partial charge in [-0.1, -0.05) is 12.1 Å². The molecule has 0 saturated heterocycles. The molecule has 1 fully saturated rings. The molecule has 1 saturated carbocycles. The van der Waals surface area contributed by atoms with E-state index in [2.05, 4.69) is 11.1 Å². The van der Waals surface area contributed by atoms with Crippen LogP contribution in [-0.4, -0.2) is 33.5 Å². The number of nitrogens with zero attached hydrogens (tertiary/aromatic N) is 2. The largest absolute Gasteiger partial charge is 0.497 e. The minimum Gasteiger partial charge on any atom is -0.497 e. The van der Waals surface area contributed by atoms with Gasteiger partial charge in [-0.25, -0.2) is 4.99 Å². The number of nitriles is 1. The van der Waals surface area contributed by atoms with Crippen molar-refractivity contribution < 1.29 is 28.2 Å². The maximum Gasteiger partial charge on any atom is 0.314 e. The summed E-state index contributed by atoms with van der Waals surface area (Å²) < 4.78 is 27.7. The van der Waals surface area contributed by atoms with Crippen LogP contribution in [0.15, 0.2) is 76.1 Å². The SMILES string of the molecule is COc1ccc(-c2oc(N=Cc3ccc(OC(=O)C4CC4)c(OC)c3)c(C#N)c2-c2ccc(OC)cc2)cc1. The highest BCUT2D eigenvalue weighted by Crippen LogP contribution is 2.43. The average molecular weight is 523 g/mol. The van der Waals surface area contributed by atoms with Gasteiger partial charge in [-0.15, -0.1) is 0 Å². The Morgan fingerprint density at radius 2 is 1.54 bits per heavy atom. The van der Waals surface area contributed by atoms with Gasteiger partial charge in [0, 0.05) is 17.3 Å². The Labute approximate surface area is 226 Å². The summed E-state index contributed by atoms with van der Waals surface area (Å²) in [6, 6.07) is 22.2. The van der Waals surface area contributed by atoms with E-state index in [1.165, 1.54) is 7.11 Å². The molecule has 4 aromatic rings. The van der Waals surface area contributed by atoms with Gasteiger partial charge in [-0.3, -0.25) is 4.79 Å². The molecule has 1 heterocycles. The van der Waals surface area contributed by atoms with Crippen molar-refractivity contribution in [3.8, 4) is 51.5 Å². The van der Waals surface area contributed by atoms with Gasteiger partial charge >= 0.3 is 5.97 Å². The molecule has 1 aliphatic rings. The van der Waals surface area contributed by atoms with Crippen molar-refractivity contribution >= 4 is 18.1 Å². The first-order chi connectivity index (χ1) is 19.0. The van der Waals surface area contributed by atoms with Crippen molar-refractivity contribution in [2.45, 2.75) is 12.8 Å². The maximum atomic E-state index is 12.1. The second-order valence-corrected chi connectivity index (χ2v) is 8.92. The highest BCUT2D eigenvalue weighted by atomic mass is 16.6. The van der Waals surface area contributed by atoms with Crippen molar-refractivity contribution in [3.63, 3.8) is 0 Å². The van der Waals surface area contributed by atoms with E-state index in [1.54, 1.807) is 38.6 Å². The van der Waals surface area contributed by atoms with E-state index in [4.69, 9.17) is 23.4 Å². The van der Waals surface area contributed by atoms with Gasteiger partial charge in [0.25, 0.3) is 0 Å². The molecule has 0 spiro atoms. The molecular formula is C31H26N2O6. The number of furan rings is 1. The van der Waals surface area contributed by atoms with Crippen LogP contribution >= 0.6 is 0 Å². The lowest BCUT2D eigenvalue weighted by Gasteiger charge is -2.09. The third-order valence-corrected chi connectivity index (χ3v) is 6.37. The molecule has 8 nitrogen and oxygen atoms in total. The lowest BCUT2D eigenvalue weighted by atomic mass is 9.98. The molecular weight excluding hydrogens is 496 g/mol. The van der Waals surface area contributed by atoms with E-state index < -0.39 is 0 Å². The quantitative estimate of drug-likeness (QED) is 0.139. The van der Waals surface area contributed by atoms with Crippen LogP contribution in [0.4, 0.5) is 5.88 Å². The van der Waals surface area contributed by atoms with E-state index in [-0.39, 0.29) is 17.8 Å². The standard InChI is InChI=1S/C31H26N2O6/c1-35-23-11-7-20(8-12-23)28-25(17-32)30(39-29(28)21-9-13-24(36-2)14-10-21)33-18-19-4-15-26(27(16-19)37-3)38-31(34)22-5-6-22/h4,7-16,18,22H,5-6H2,1-3H3. The molecule has 0 atom stereocenters. The third-order valence-electron chi connectivity index (χ3n) is 6.37. The third kappa shape index (κ3) is 5.48. The Morgan fingerprint density at radius 3 is 2.10 bits per heavy atom. The number of esters is 1. The Bertz CT molecular complexity index is 1560. The number of hydrogen-bond acceptors (Lipinski definition) is 8. The molecule has 8 heteroatoms. The number of carbonyl (C=O) groups is 1. The summed E-state index contributed by atoms with van der Waals surface area (Å²) in [6.07, 6.45) is 3.28. The first-order valence-electron chi connectivity index (χ1n) is 12.3. The van der Waals surface area contributed by atoms with Crippen molar-refractivity contribution in [3.05, 3.63) is 77.9 Å². The maximum absolute atomic E-state index is 12.1. The zero-order valence-electron chi connectivity index (χ0n) is 21.8. The Hall–Kier alpha value is -5.03. The minimum atomic E-state index is -0.249. The number of benzene rings is 3. The van der Waals surface area contributed by atoms with Crippen molar-refractivity contribution in [1.29, 1.82) is 5.26 Å². The number of hydrogen-bond donors (Lipinski definition) is 0. The molecule has 3 aromatic carbocycles. The van der Waals surface area contributed by atoms with Crippen LogP contribution in [0, 0.1) is 17.2 Å². The number of aliphatic imine (C=N–C) groups is 1. The van der Waals surface area contributed by atoms with Crippen LogP contribution in [0.1, 0.15) is 24.0 Å². The fourth-order valence-corrected chi connectivity index (χ4v) is 4.09. The molecule has 0 unspecified atom stereocenters. The van der Waals surface area contributed by atoms with Crippen LogP contribution in [0.2, 0.25) is 0 Å². The predicted octanol–water partition coefficient (Wildman–Crippen LogP) is 6.58. The van der Waals surface area contributed by atoms with E-state index >= 15 is 0 Å². The topological polar surface area (TPSA) is 103 Å². The summed E-state index contributed by atoms with van der Waals surface area (Å²) >= 11 is 0. The first kappa shape index (κ1) is 25.6. The smallest absolute Gasteiger partial charge is 0.314 e. The first-order valence-corrected chi connectivity index (χ1v) is 12.3. The number of ether oxygens (including phenoxy) is 4. The van der Waals surface area contributed by atoms with Crippen LogP contribution in [0.5, 0.6) is 23.0 Å². The molecule has 0 amide bonds. The van der Waals surface area contributed by atoms with Crippen LogP contribution in [0.3, 0.4) is 0 Å². The van der Waals surface area contributed by atoms with Gasteiger partial charge in [0.1, 0.15) is 28.9 Å². The van der Waals surface area contributed by atoms with Gasteiger partial charge < -0.3 is 23.4 Å². The number of rotatable bonds is 9. The molecule has 196 valence electrons. The number of carbonyl (C=O) groups excluding carboxylic acids is 1. The fraction of sp³-hybridized carbons (Fsp3) is 0.194. The Balaban J connectivity index is 1.53. The molecule has 39 heavy (non-hydrogen) atoms. The van der Waals surface area contributed by atoms with E-state index in [0.717, 1.165) is 24.0 Å². The lowest BCUT2D eigenvalue weighted by molar-refractivity contribution is -0.135. The van der Waals surface area contributed by atoms with Crippen LogP contribution < -0.4 is 18.9 Å². The van der Waals surface area contributed by atoms with Crippen molar-refractivity contribution in [2.24, 2.45) is 10.9 Å². The zero-order chi connectivity index (χ0) is 27.4. The number of methoxy groups -OCH3 is 3. The van der Waals surface area contributed by atoms with Gasteiger partial charge in [-0.2, -0.15) is 5.26 Å². The summed E-state index contributed by atoms with van der Waals surface area (Å²) in [4.78, 5) is 16.6. The molecule has 5 rings (SSSR count). The van der Waals surface area contributed by atoms with Gasteiger partial charge in [0.05, 0.1) is 27.2 Å².